The Morgan fingerprint density at radius 2 is 1.89 bits per heavy atom. The van der Waals surface area contributed by atoms with Crippen LogP contribution in [0, 0.1) is 23.5 Å². The number of hydrogen-bond donors (Lipinski definition) is 1. The first kappa shape index (κ1) is 14.4. The van der Waals surface area contributed by atoms with Gasteiger partial charge in [0.05, 0.1) is 6.10 Å². The SMILES string of the molecule is CCC1CCC(C(O)Cc2cccc(F)c2F)CC1. The summed E-state index contributed by atoms with van der Waals surface area (Å²) >= 11 is 0. The summed E-state index contributed by atoms with van der Waals surface area (Å²) in [4.78, 5) is 0. The fourth-order valence-electron chi connectivity index (χ4n) is 3.08. The lowest BCUT2D eigenvalue weighted by molar-refractivity contribution is 0.0727. The molecule has 1 atom stereocenters. The number of rotatable bonds is 4. The van der Waals surface area contributed by atoms with Crippen molar-refractivity contribution in [3.8, 4) is 0 Å². The van der Waals surface area contributed by atoms with Crippen LogP contribution in [-0.4, -0.2) is 11.2 Å². The van der Waals surface area contributed by atoms with Crippen molar-refractivity contribution >= 4 is 0 Å². The van der Waals surface area contributed by atoms with Gasteiger partial charge in [0.25, 0.3) is 0 Å². The van der Waals surface area contributed by atoms with E-state index in [0.717, 1.165) is 37.7 Å². The van der Waals surface area contributed by atoms with Crippen LogP contribution >= 0.6 is 0 Å². The summed E-state index contributed by atoms with van der Waals surface area (Å²) in [5.41, 5.74) is 0.283. The van der Waals surface area contributed by atoms with Crippen LogP contribution in [0.25, 0.3) is 0 Å². The Hall–Kier alpha value is -0.960. The molecule has 2 rings (SSSR count). The summed E-state index contributed by atoms with van der Waals surface area (Å²) in [6.45, 7) is 2.20. The Morgan fingerprint density at radius 3 is 2.53 bits per heavy atom. The van der Waals surface area contributed by atoms with E-state index in [1.165, 1.54) is 12.5 Å². The van der Waals surface area contributed by atoms with Gasteiger partial charge in [-0.2, -0.15) is 0 Å². The monoisotopic (exact) mass is 268 g/mol. The van der Waals surface area contributed by atoms with E-state index < -0.39 is 17.7 Å². The van der Waals surface area contributed by atoms with E-state index in [9.17, 15) is 13.9 Å². The highest BCUT2D eigenvalue weighted by atomic mass is 19.2. The zero-order valence-corrected chi connectivity index (χ0v) is 11.4. The molecule has 0 amide bonds. The summed E-state index contributed by atoms with van der Waals surface area (Å²) in [7, 11) is 0. The van der Waals surface area contributed by atoms with Crippen LogP contribution in [0.3, 0.4) is 0 Å². The molecule has 0 aliphatic heterocycles. The lowest BCUT2D eigenvalue weighted by Gasteiger charge is -2.31. The van der Waals surface area contributed by atoms with Crippen molar-refractivity contribution in [1.82, 2.24) is 0 Å². The zero-order chi connectivity index (χ0) is 13.8. The first-order chi connectivity index (χ1) is 9.11. The van der Waals surface area contributed by atoms with Gasteiger partial charge in [0.15, 0.2) is 11.6 Å². The molecule has 0 heterocycles. The quantitative estimate of drug-likeness (QED) is 0.872. The van der Waals surface area contributed by atoms with Gasteiger partial charge in [-0.05, 0) is 36.3 Å². The van der Waals surface area contributed by atoms with Gasteiger partial charge < -0.3 is 5.11 Å². The smallest absolute Gasteiger partial charge is 0.162 e. The van der Waals surface area contributed by atoms with Crippen molar-refractivity contribution in [2.24, 2.45) is 11.8 Å². The molecule has 1 N–H and O–H groups in total. The topological polar surface area (TPSA) is 20.2 Å². The van der Waals surface area contributed by atoms with Crippen molar-refractivity contribution in [3.05, 3.63) is 35.4 Å². The summed E-state index contributed by atoms with van der Waals surface area (Å²) in [5.74, 6) is -0.650. The van der Waals surface area contributed by atoms with Crippen molar-refractivity contribution < 1.29 is 13.9 Å². The van der Waals surface area contributed by atoms with Gasteiger partial charge >= 0.3 is 0 Å². The number of hydrogen-bond acceptors (Lipinski definition) is 1. The molecule has 106 valence electrons. The summed E-state index contributed by atoms with van der Waals surface area (Å²) in [5, 5.41) is 10.2. The maximum Gasteiger partial charge on any atom is 0.162 e. The molecule has 1 nitrogen and oxygen atoms in total. The van der Waals surface area contributed by atoms with Gasteiger partial charge in [0.1, 0.15) is 0 Å². The molecular weight excluding hydrogens is 246 g/mol. The minimum absolute atomic E-state index is 0.213. The molecule has 1 aliphatic carbocycles. The Morgan fingerprint density at radius 1 is 1.21 bits per heavy atom. The minimum atomic E-state index is -0.834. The summed E-state index contributed by atoms with van der Waals surface area (Å²) < 4.78 is 26.7. The molecular formula is C16H22F2O. The third-order valence-corrected chi connectivity index (χ3v) is 4.47. The fourth-order valence-corrected chi connectivity index (χ4v) is 3.08. The molecule has 1 unspecified atom stereocenters. The molecule has 1 saturated carbocycles. The lowest BCUT2D eigenvalue weighted by Crippen LogP contribution is -2.27. The molecule has 0 saturated heterocycles. The highest BCUT2D eigenvalue weighted by Crippen LogP contribution is 2.33. The van der Waals surface area contributed by atoms with Crippen molar-refractivity contribution in [2.75, 3.05) is 0 Å². The third-order valence-electron chi connectivity index (χ3n) is 4.47. The van der Waals surface area contributed by atoms with E-state index in [1.807, 2.05) is 0 Å². The van der Waals surface area contributed by atoms with E-state index >= 15 is 0 Å². The summed E-state index contributed by atoms with van der Waals surface area (Å²) in [6, 6.07) is 4.16. The van der Waals surface area contributed by atoms with Gasteiger partial charge in [-0.1, -0.05) is 38.3 Å². The van der Waals surface area contributed by atoms with Crippen LogP contribution in [0.1, 0.15) is 44.6 Å². The standard InChI is InChI=1S/C16H22F2O/c1-2-11-6-8-12(9-7-11)15(19)10-13-4-3-5-14(17)16(13)18/h3-5,11-12,15,19H,2,6-10H2,1H3. The highest BCUT2D eigenvalue weighted by molar-refractivity contribution is 5.19. The van der Waals surface area contributed by atoms with Crippen molar-refractivity contribution in [1.29, 1.82) is 0 Å². The van der Waals surface area contributed by atoms with Crippen molar-refractivity contribution in [3.63, 3.8) is 0 Å². The maximum atomic E-state index is 13.6. The Labute approximate surface area is 113 Å². The number of benzene rings is 1. The Balaban J connectivity index is 1.94. The van der Waals surface area contributed by atoms with E-state index in [2.05, 4.69) is 6.92 Å². The number of aliphatic hydroxyl groups excluding tert-OH is 1. The van der Waals surface area contributed by atoms with Gasteiger partial charge in [0.2, 0.25) is 0 Å². The molecule has 3 heteroatoms. The minimum Gasteiger partial charge on any atom is -0.392 e. The first-order valence-electron chi connectivity index (χ1n) is 7.22. The second kappa shape index (κ2) is 6.47. The first-order valence-corrected chi connectivity index (χ1v) is 7.22. The molecule has 1 aromatic rings. The van der Waals surface area contributed by atoms with Gasteiger partial charge in [-0.15, -0.1) is 0 Å². The van der Waals surface area contributed by atoms with E-state index in [-0.39, 0.29) is 17.9 Å². The number of aliphatic hydroxyl groups is 1. The average molecular weight is 268 g/mol. The van der Waals surface area contributed by atoms with E-state index in [0.29, 0.717) is 0 Å². The third kappa shape index (κ3) is 3.53. The zero-order valence-electron chi connectivity index (χ0n) is 11.4. The second-order valence-corrected chi connectivity index (χ2v) is 5.67. The van der Waals surface area contributed by atoms with Gasteiger partial charge in [-0.3, -0.25) is 0 Å². The Kier molecular flexibility index (Phi) is 4.92. The predicted octanol–water partition coefficient (Wildman–Crippen LogP) is 4.08. The average Bonchev–Trinajstić information content (AvgIpc) is 2.44. The molecule has 0 radical (unpaired) electrons. The molecule has 1 aliphatic rings. The molecule has 1 aromatic carbocycles. The van der Waals surface area contributed by atoms with Crippen LogP contribution in [0.5, 0.6) is 0 Å². The van der Waals surface area contributed by atoms with Crippen LogP contribution in [0.4, 0.5) is 8.78 Å². The predicted molar refractivity (Wildman–Crippen MR) is 71.8 cm³/mol. The van der Waals surface area contributed by atoms with Crippen molar-refractivity contribution in [2.45, 2.75) is 51.6 Å². The van der Waals surface area contributed by atoms with E-state index in [4.69, 9.17) is 0 Å². The molecule has 0 aromatic heterocycles. The van der Waals surface area contributed by atoms with Gasteiger partial charge in [-0.25, -0.2) is 8.78 Å². The highest BCUT2D eigenvalue weighted by Gasteiger charge is 2.26. The maximum absolute atomic E-state index is 13.6. The molecule has 0 spiro atoms. The number of halogens is 2. The van der Waals surface area contributed by atoms with Crippen LogP contribution in [-0.2, 0) is 6.42 Å². The van der Waals surface area contributed by atoms with Gasteiger partial charge in [0, 0.05) is 6.42 Å². The fraction of sp³-hybridized carbons (Fsp3) is 0.625. The lowest BCUT2D eigenvalue weighted by atomic mass is 9.77. The second-order valence-electron chi connectivity index (χ2n) is 5.67. The molecule has 1 fully saturated rings. The van der Waals surface area contributed by atoms with Crippen LogP contribution in [0.15, 0.2) is 18.2 Å². The molecule has 0 bridgehead atoms. The largest absolute Gasteiger partial charge is 0.392 e. The van der Waals surface area contributed by atoms with Crippen LogP contribution in [0.2, 0.25) is 0 Å². The summed E-state index contributed by atoms with van der Waals surface area (Å²) in [6.07, 6.45) is 5.13. The molecule has 19 heavy (non-hydrogen) atoms. The normalized spacial score (nSPS) is 25.3. The van der Waals surface area contributed by atoms with E-state index in [1.54, 1.807) is 6.07 Å². The Bertz CT molecular complexity index is 411. The van der Waals surface area contributed by atoms with Crippen LogP contribution < -0.4 is 0 Å².